The number of nitrogens with zero attached hydrogens (tertiary/aromatic N) is 3. The summed E-state index contributed by atoms with van der Waals surface area (Å²) in [7, 11) is -1.74. The Morgan fingerprint density at radius 1 is 1.26 bits per heavy atom. The molecule has 0 bridgehead atoms. The van der Waals surface area contributed by atoms with Crippen molar-refractivity contribution in [2.24, 2.45) is 0 Å². The summed E-state index contributed by atoms with van der Waals surface area (Å²) in [6.07, 6.45) is 0.431. The van der Waals surface area contributed by atoms with Gasteiger partial charge in [0, 0.05) is 31.9 Å². The Bertz CT molecular complexity index is 955. The predicted molar refractivity (Wildman–Crippen MR) is 104 cm³/mol. The number of amides is 1. The van der Waals surface area contributed by atoms with Crippen molar-refractivity contribution in [1.29, 1.82) is 0 Å². The lowest BCUT2D eigenvalue weighted by atomic mass is 10.2. The van der Waals surface area contributed by atoms with E-state index in [0.717, 1.165) is 5.69 Å². The van der Waals surface area contributed by atoms with Gasteiger partial charge in [-0.2, -0.15) is 5.10 Å². The SMILES string of the molecule is CCS(=O)(=O)N(C)CCCNC(=O)c1nn(-c2ccccc2)c(C)cc1=O. The predicted octanol–water partition coefficient (Wildman–Crippen LogP) is 0.942. The van der Waals surface area contributed by atoms with E-state index in [1.165, 1.54) is 22.1 Å². The van der Waals surface area contributed by atoms with Gasteiger partial charge in [0.1, 0.15) is 0 Å². The maximum Gasteiger partial charge on any atom is 0.275 e. The number of nitrogens with one attached hydrogen (secondary N) is 1. The second-order valence-electron chi connectivity index (χ2n) is 6.08. The van der Waals surface area contributed by atoms with E-state index in [1.54, 1.807) is 13.8 Å². The molecule has 1 heterocycles. The maximum atomic E-state index is 12.3. The van der Waals surface area contributed by atoms with Crippen LogP contribution >= 0.6 is 0 Å². The van der Waals surface area contributed by atoms with E-state index in [1.807, 2.05) is 30.3 Å². The van der Waals surface area contributed by atoms with Crippen molar-refractivity contribution < 1.29 is 13.2 Å². The third-order valence-corrected chi connectivity index (χ3v) is 5.96. The van der Waals surface area contributed by atoms with Crippen LogP contribution in [0.2, 0.25) is 0 Å². The van der Waals surface area contributed by atoms with Gasteiger partial charge in [-0.15, -0.1) is 0 Å². The van der Waals surface area contributed by atoms with E-state index >= 15 is 0 Å². The van der Waals surface area contributed by atoms with Gasteiger partial charge in [0.25, 0.3) is 5.91 Å². The van der Waals surface area contributed by atoms with Crippen LogP contribution in [0, 0.1) is 6.92 Å². The Hall–Kier alpha value is -2.52. The summed E-state index contributed by atoms with van der Waals surface area (Å²) in [6.45, 7) is 3.84. The molecule has 0 saturated heterocycles. The van der Waals surface area contributed by atoms with Crippen molar-refractivity contribution in [2.75, 3.05) is 25.9 Å². The molecular weight excluding hydrogens is 368 g/mol. The van der Waals surface area contributed by atoms with Crippen molar-refractivity contribution in [2.45, 2.75) is 20.3 Å². The first kappa shape index (κ1) is 20.8. The van der Waals surface area contributed by atoms with Crippen LogP contribution in [0.4, 0.5) is 0 Å². The molecule has 0 saturated carbocycles. The molecule has 0 unspecified atom stereocenters. The van der Waals surface area contributed by atoms with Gasteiger partial charge in [-0.3, -0.25) is 9.59 Å². The standard InChI is InChI=1S/C18H24N4O4S/c1-4-27(25,26)21(3)12-8-11-19-18(24)17-16(23)13-14(2)22(20-17)15-9-6-5-7-10-15/h5-7,9-10,13H,4,8,11-12H2,1-3H3,(H,19,24). The van der Waals surface area contributed by atoms with E-state index in [-0.39, 0.29) is 24.5 Å². The lowest BCUT2D eigenvalue weighted by Crippen LogP contribution is -2.35. The number of sulfonamides is 1. The van der Waals surface area contributed by atoms with Crippen molar-refractivity contribution in [3.05, 3.63) is 58.0 Å². The summed E-state index contributed by atoms with van der Waals surface area (Å²) in [5.41, 5.74) is 0.714. The zero-order valence-electron chi connectivity index (χ0n) is 15.7. The lowest BCUT2D eigenvalue weighted by molar-refractivity contribution is 0.0945. The van der Waals surface area contributed by atoms with Gasteiger partial charge in [0.05, 0.1) is 11.4 Å². The van der Waals surface area contributed by atoms with Crippen LogP contribution in [0.1, 0.15) is 29.5 Å². The summed E-state index contributed by atoms with van der Waals surface area (Å²) in [5, 5.41) is 6.82. The number of hydrogen-bond donors (Lipinski definition) is 1. The number of carbonyl (C=O) groups excluding carboxylic acids is 1. The number of aromatic nitrogens is 2. The number of para-hydroxylation sites is 1. The van der Waals surface area contributed by atoms with Crippen molar-refractivity contribution >= 4 is 15.9 Å². The fourth-order valence-corrected chi connectivity index (χ4v) is 3.33. The molecule has 8 nitrogen and oxygen atoms in total. The number of carbonyl (C=O) groups is 1. The highest BCUT2D eigenvalue weighted by atomic mass is 32.2. The molecule has 0 aliphatic rings. The average molecular weight is 392 g/mol. The molecule has 0 spiro atoms. The highest BCUT2D eigenvalue weighted by Crippen LogP contribution is 2.07. The minimum absolute atomic E-state index is 0.0299. The van der Waals surface area contributed by atoms with Crippen molar-refractivity contribution in [3.63, 3.8) is 0 Å². The maximum absolute atomic E-state index is 12.3. The number of benzene rings is 1. The topological polar surface area (TPSA) is 101 Å². The van der Waals surface area contributed by atoms with E-state index in [9.17, 15) is 18.0 Å². The summed E-state index contributed by atoms with van der Waals surface area (Å²) in [6, 6.07) is 10.6. The first-order valence-electron chi connectivity index (χ1n) is 8.65. The van der Waals surface area contributed by atoms with Crippen molar-refractivity contribution in [1.82, 2.24) is 19.4 Å². The third kappa shape index (κ3) is 5.24. The Morgan fingerprint density at radius 3 is 2.56 bits per heavy atom. The fraction of sp³-hybridized carbons (Fsp3) is 0.389. The molecule has 9 heteroatoms. The molecule has 0 aliphatic heterocycles. The van der Waals surface area contributed by atoms with Crippen molar-refractivity contribution in [3.8, 4) is 5.69 Å². The summed E-state index contributed by atoms with van der Waals surface area (Å²) < 4.78 is 26.2. The molecule has 1 aromatic heterocycles. The largest absolute Gasteiger partial charge is 0.350 e. The van der Waals surface area contributed by atoms with Gasteiger partial charge < -0.3 is 5.32 Å². The quantitative estimate of drug-likeness (QED) is 0.674. The highest BCUT2D eigenvalue weighted by Gasteiger charge is 2.16. The zero-order chi connectivity index (χ0) is 20.0. The van der Waals surface area contributed by atoms with Crippen LogP contribution in [0.25, 0.3) is 5.69 Å². The molecule has 1 aromatic carbocycles. The van der Waals surface area contributed by atoms with E-state index in [4.69, 9.17) is 0 Å². The first-order chi connectivity index (χ1) is 12.8. The Morgan fingerprint density at radius 2 is 1.93 bits per heavy atom. The molecule has 0 fully saturated rings. The molecule has 0 radical (unpaired) electrons. The Balaban J connectivity index is 2.06. The second-order valence-corrected chi connectivity index (χ2v) is 8.44. The van der Waals surface area contributed by atoms with Crippen LogP contribution in [-0.4, -0.2) is 54.3 Å². The zero-order valence-corrected chi connectivity index (χ0v) is 16.5. The van der Waals surface area contributed by atoms with Gasteiger partial charge in [0.2, 0.25) is 15.5 Å². The molecule has 0 atom stereocenters. The highest BCUT2D eigenvalue weighted by molar-refractivity contribution is 7.89. The molecule has 2 aromatic rings. The monoisotopic (exact) mass is 392 g/mol. The summed E-state index contributed by atoms with van der Waals surface area (Å²) in [4.78, 5) is 24.5. The molecule has 1 N–H and O–H groups in total. The molecule has 146 valence electrons. The molecule has 1 amide bonds. The minimum Gasteiger partial charge on any atom is -0.350 e. The average Bonchev–Trinajstić information content (AvgIpc) is 2.65. The van der Waals surface area contributed by atoms with Gasteiger partial charge in [-0.25, -0.2) is 17.4 Å². The van der Waals surface area contributed by atoms with E-state index in [0.29, 0.717) is 12.1 Å². The van der Waals surface area contributed by atoms with E-state index < -0.39 is 21.4 Å². The van der Waals surface area contributed by atoms with Crippen LogP contribution < -0.4 is 10.7 Å². The van der Waals surface area contributed by atoms with Crippen LogP contribution in [0.3, 0.4) is 0 Å². The lowest BCUT2D eigenvalue weighted by Gasteiger charge is -2.16. The van der Waals surface area contributed by atoms with Gasteiger partial charge in [-0.05, 0) is 32.4 Å². The fourth-order valence-electron chi connectivity index (χ4n) is 2.48. The summed E-state index contributed by atoms with van der Waals surface area (Å²) in [5.74, 6) is -0.548. The summed E-state index contributed by atoms with van der Waals surface area (Å²) >= 11 is 0. The Kier molecular flexibility index (Phi) is 6.86. The Labute approximate surface area is 158 Å². The smallest absolute Gasteiger partial charge is 0.275 e. The van der Waals surface area contributed by atoms with Gasteiger partial charge in [0.15, 0.2) is 5.69 Å². The number of rotatable bonds is 8. The number of hydrogen-bond acceptors (Lipinski definition) is 5. The second kappa shape index (κ2) is 8.92. The van der Waals surface area contributed by atoms with Gasteiger partial charge >= 0.3 is 0 Å². The molecule has 0 aliphatic carbocycles. The van der Waals surface area contributed by atoms with Crippen LogP contribution in [-0.2, 0) is 10.0 Å². The third-order valence-electron chi connectivity index (χ3n) is 4.10. The molecular formula is C18H24N4O4S. The molecule has 27 heavy (non-hydrogen) atoms. The number of aryl methyl sites for hydroxylation is 1. The van der Waals surface area contributed by atoms with Gasteiger partial charge in [-0.1, -0.05) is 18.2 Å². The van der Waals surface area contributed by atoms with E-state index in [2.05, 4.69) is 10.4 Å². The normalized spacial score (nSPS) is 11.6. The molecule has 2 rings (SSSR count). The van der Waals surface area contributed by atoms with Crippen LogP contribution in [0.15, 0.2) is 41.2 Å². The minimum atomic E-state index is -3.24. The van der Waals surface area contributed by atoms with Crippen LogP contribution in [0.5, 0.6) is 0 Å². The first-order valence-corrected chi connectivity index (χ1v) is 10.3.